The Kier molecular flexibility index (Phi) is 3.77. The summed E-state index contributed by atoms with van der Waals surface area (Å²) in [5, 5.41) is 7.84. The third-order valence-electron chi connectivity index (χ3n) is 2.28. The summed E-state index contributed by atoms with van der Waals surface area (Å²) in [4.78, 5) is 4.84. The maximum Gasteiger partial charge on any atom is 0.139 e. The van der Waals surface area contributed by atoms with Gasteiger partial charge in [-0.1, -0.05) is 34.6 Å². The number of rotatable bonds is 4. The van der Waals surface area contributed by atoms with Gasteiger partial charge in [-0.05, 0) is 5.56 Å². The van der Waals surface area contributed by atoms with E-state index in [2.05, 4.69) is 10.3 Å². The lowest BCUT2D eigenvalue weighted by Crippen LogP contribution is -2.07. The van der Waals surface area contributed by atoms with E-state index in [9.17, 15) is 0 Å². The van der Waals surface area contributed by atoms with E-state index in [1.165, 1.54) is 13.4 Å². The Morgan fingerprint density at radius 3 is 2.88 bits per heavy atom. The second-order valence-corrected chi connectivity index (χ2v) is 3.57. The number of nitrogens with zero attached hydrogens (tertiary/aromatic N) is 2. The van der Waals surface area contributed by atoms with Crippen molar-refractivity contribution in [2.45, 2.75) is 5.88 Å². The van der Waals surface area contributed by atoms with E-state index in [0.717, 1.165) is 11.1 Å². The predicted molar refractivity (Wildman–Crippen MR) is 65.2 cm³/mol. The smallest absolute Gasteiger partial charge is 0.139 e. The minimum atomic E-state index is 0.400. The van der Waals surface area contributed by atoms with Crippen molar-refractivity contribution in [3.05, 3.63) is 53.4 Å². The van der Waals surface area contributed by atoms with Crippen LogP contribution in [0.4, 0.5) is 0 Å². The average Bonchev–Trinajstić information content (AvgIpc) is 2.89. The zero-order chi connectivity index (χ0) is 12.1. The first-order chi connectivity index (χ1) is 8.36. The summed E-state index contributed by atoms with van der Waals surface area (Å²) >= 11 is 5.90. The van der Waals surface area contributed by atoms with Crippen LogP contribution in [0.25, 0.3) is 0 Å². The second kappa shape index (κ2) is 5.50. The lowest BCUT2D eigenvalue weighted by molar-refractivity contribution is 0.213. The quantitative estimate of drug-likeness (QED) is 0.476. The minimum Gasteiger partial charge on any atom is -0.399 e. The van der Waals surface area contributed by atoms with Crippen LogP contribution in [0.3, 0.4) is 0 Å². The molecule has 0 fully saturated rings. The molecule has 0 aliphatic heterocycles. The molecule has 0 aliphatic rings. The molecule has 0 atom stereocenters. The van der Waals surface area contributed by atoms with Crippen LogP contribution in [-0.4, -0.2) is 18.0 Å². The van der Waals surface area contributed by atoms with Gasteiger partial charge >= 0.3 is 0 Å². The normalized spacial score (nSPS) is 11.5. The fourth-order valence-electron chi connectivity index (χ4n) is 1.53. The van der Waals surface area contributed by atoms with Crippen molar-refractivity contribution >= 4 is 17.3 Å². The maximum absolute atomic E-state index is 5.90. The van der Waals surface area contributed by atoms with Gasteiger partial charge in [0.2, 0.25) is 0 Å². The SMILES string of the molecule is CON=C(c1ccon1)c1ccccc1CCl. The molecule has 0 unspecified atom stereocenters. The molecule has 0 bridgehead atoms. The van der Waals surface area contributed by atoms with E-state index in [1.54, 1.807) is 6.07 Å². The Hall–Kier alpha value is -1.81. The first-order valence-corrected chi connectivity index (χ1v) is 5.56. The van der Waals surface area contributed by atoms with Crippen molar-refractivity contribution in [1.82, 2.24) is 5.16 Å². The molecule has 1 heterocycles. The van der Waals surface area contributed by atoms with Gasteiger partial charge in [0.05, 0.1) is 0 Å². The molecule has 0 aliphatic carbocycles. The second-order valence-electron chi connectivity index (χ2n) is 3.30. The molecule has 4 nitrogen and oxygen atoms in total. The van der Waals surface area contributed by atoms with Crippen molar-refractivity contribution in [3.63, 3.8) is 0 Å². The average molecular weight is 251 g/mol. The third-order valence-corrected chi connectivity index (χ3v) is 2.57. The summed E-state index contributed by atoms with van der Waals surface area (Å²) in [6.45, 7) is 0. The van der Waals surface area contributed by atoms with E-state index < -0.39 is 0 Å². The molecule has 2 rings (SSSR count). The van der Waals surface area contributed by atoms with E-state index >= 15 is 0 Å². The number of hydrogen-bond donors (Lipinski definition) is 0. The van der Waals surface area contributed by atoms with Gasteiger partial charge < -0.3 is 9.36 Å². The molecule has 0 amide bonds. The van der Waals surface area contributed by atoms with E-state index in [1.807, 2.05) is 24.3 Å². The van der Waals surface area contributed by atoms with Gasteiger partial charge in [0.15, 0.2) is 0 Å². The van der Waals surface area contributed by atoms with Gasteiger partial charge in [-0.3, -0.25) is 0 Å². The Morgan fingerprint density at radius 2 is 2.24 bits per heavy atom. The van der Waals surface area contributed by atoms with Crippen LogP contribution in [0.15, 0.2) is 46.3 Å². The van der Waals surface area contributed by atoms with E-state index in [-0.39, 0.29) is 0 Å². The zero-order valence-electron chi connectivity index (χ0n) is 9.26. The van der Waals surface area contributed by atoms with Crippen molar-refractivity contribution in [2.75, 3.05) is 7.11 Å². The molecule has 2 aromatic rings. The summed E-state index contributed by atoms with van der Waals surface area (Å²) in [6, 6.07) is 9.42. The molecule has 0 saturated heterocycles. The van der Waals surface area contributed by atoms with Crippen LogP contribution in [0.5, 0.6) is 0 Å². The number of oxime groups is 1. The molecular weight excluding hydrogens is 240 g/mol. The largest absolute Gasteiger partial charge is 0.399 e. The van der Waals surface area contributed by atoms with E-state index in [4.69, 9.17) is 21.0 Å². The van der Waals surface area contributed by atoms with Gasteiger partial charge in [-0.25, -0.2) is 0 Å². The van der Waals surface area contributed by atoms with Crippen LogP contribution in [0.1, 0.15) is 16.8 Å². The van der Waals surface area contributed by atoms with Gasteiger partial charge in [-0.15, -0.1) is 11.6 Å². The summed E-state index contributed by atoms with van der Waals surface area (Å²) in [7, 11) is 1.49. The highest BCUT2D eigenvalue weighted by Crippen LogP contribution is 2.16. The van der Waals surface area contributed by atoms with Gasteiger partial charge in [0, 0.05) is 17.5 Å². The lowest BCUT2D eigenvalue weighted by Gasteiger charge is -2.07. The lowest BCUT2D eigenvalue weighted by atomic mass is 10.0. The topological polar surface area (TPSA) is 47.6 Å². The van der Waals surface area contributed by atoms with Crippen LogP contribution >= 0.6 is 11.6 Å². The molecule has 1 aromatic heterocycles. The number of benzene rings is 1. The van der Waals surface area contributed by atoms with Crippen molar-refractivity contribution in [3.8, 4) is 0 Å². The third kappa shape index (κ3) is 2.47. The van der Waals surface area contributed by atoms with Crippen LogP contribution in [-0.2, 0) is 10.7 Å². The Bertz CT molecular complexity index is 509. The summed E-state index contributed by atoms with van der Waals surface area (Å²) < 4.78 is 4.82. The predicted octanol–water partition coefficient (Wildman–Crippen LogP) is 2.81. The highest BCUT2D eigenvalue weighted by Gasteiger charge is 2.14. The van der Waals surface area contributed by atoms with Crippen LogP contribution < -0.4 is 0 Å². The molecule has 88 valence electrons. The number of aromatic nitrogens is 1. The van der Waals surface area contributed by atoms with Crippen molar-refractivity contribution < 1.29 is 9.36 Å². The molecule has 17 heavy (non-hydrogen) atoms. The van der Waals surface area contributed by atoms with Gasteiger partial charge in [0.25, 0.3) is 0 Å². The zero-order valence-corrected chi connectivity index (χ0v) is 10.0. The fourth-order valence-corrected chi connectivity index (χ4v) is 1.76. The highest BCUT2D eigenvalue weighted by atomic mass is 35.5. The fraction of sp³-hybridized carbons (Fsp3) is 0.167. The molecular formula is C12H11ClN2O2. The van der Waals surface area contributed by atoms with Crippen molar-refractivity contribution in [1.29, 1.82) is 0 Å². The van der Waals surface area contributed by atoms with Crippen molar-refractivity contribution in [2.24, 2.45) is 5.16 Å². The highest BCUT2D eigenvalue weighted by molar-refractivity contribution is 6.19. The first-order valence-electron chi connectivity index (χ1n) is 5.03. The van der Waals surface area contributed by atoms with Crippen LogP contribution in [0.2, 0.25) is 0 Å². The molecule has 0 radical (unpaired) electrons. The number of alkyl halides is 1. The molecule has 0 N–H and O–H groups in total. The standard InChI is InChI=1S/C12H11ClN2O2/c1-16-15-12(11-6-7-17-14-11)10-5-3-2-4-9(10)8-13/h2-7H,8H2,1H3. The summed E-state index contributed by atoms with van der Waals surface area (Å²) in [5.74, 6) is 0.400. The Labute approximate surface area is 104 Å². The first kappa shape index (κ1) is 11.7. The Balaban J connectivity index is 2.51. The van der Waals surface area contributed by atoms with Crippen LogP contribution in [0, 0.1) is 0 Å². The van der Waals surface area contributed by atoms with Gasteiger partial charge in [-0.2, -0.15) is 0 Å². The maximum atomic E-state index is 5.90. The molecule has 0 spiro atoms. The summed E-state index contributed by atoms with van der Waals surface area (Å²) in [6.07, 6.45) is 1.49. The molecule has 5 heteroatoms. The van der Waals surface area contributed by atoms with Gasteiger partial charge in [0.1, 0.15) is 24.8 Å². The molecule has 0 saturated carbocycles. The monoisotopic (exact) mass is 250 g/mol. The van der Waals surface area contributed by atoms with E-state index in [0.29, 0.717) is 17.3 Å². The number of halogens is 1. The number of hydrogen-bond acceptors (Lipinski definition) is 4. The Morgan fingerprint density at radius 1 is 1.41 bits per heavy atom. The minimum absolute atomic E-state index is 0.400. The molecule has 1 aromatic carbocycles. The summed E-state index contributed by atoms with van der Waals surface area (Å²) in [5.41, 5.74) is 3.08.